The quantitative estimate of drug-likeness (QED) is 0.721. The van der Waals surface area contributed by atoms with E-state index >= 15 is 0 Å². The van der Waals surface area contributed by atoms with Gasteiger partial charge in [0, 0.05) is 36.0 Å². The molecule has 0 aliphatic rings. The van der Waals surface area contributed by atoms with Crippen molar-refractivity contribution in [3.63, 3.8) is 0 Å². The van der Waals surface area contributed by atoms with E-state index in [1.807, 2.05) is 37.3 Å². The molecule has 1 heterocycles. The predicted molar refractivity (Wildman–Crippen MR) is 94.9 cm³/mol. The SMILES string of the molecule is CC(NC(=O)NCC(CO)Cc1ccccn1)c1ccc(Cl)cc1. The summed E-state index contributed by atoms with van der Waals surface area (Å²) in [5.74, 6) is -0.0727. The zero-order valence-corrected chi connectivity index (χ0v) is 14.3. The van der Waals surface area contributed by atoms with Gasteiger partial charge in [-0.3, -0.25) is 4.98 Å². The summed E-state index contributed by atoms with van der Waals surface area (Å²) in [5.41, 5.74) is 1.87. The lowest BCUT2D eigenvalue weighted by molar-refractivity contribution is 0.212. The Hall–Kier alpha value is -2.11. The summed E-state index contributed by atoms with van der Waals surface area (Å²) in [6.07, 6.45) is 2.34. The molecule has 3 N–H and O–H groups in total. The summed E-state index contributed by atoms with van der Waals surface area (Å²) in [4.78, 5) is 16.3. The Kier molecular flexibility index (Phi) is 7.03. The molecule has 24 heavy (non-hydrogen) atoms. The van der Waals surface area contributed by atoms with Gasteiger partial charge in [0.15, 0.2) is 0 Å². The van der Waals surface area contributed by atoms with Crippen LogP contribution < -0.4 is 10.6 Å². The smallest absolute Gasteiger partial charge is 0.315 e. The maximum absolute atomic E-state index is 12.0. The number of benzene rings is 1. The van der Waals surface area contributed by atoms with Gasteiger partial charge in [-0.1, -0.05) is 29.8 Å². The maximum Gasteiger partial charge on any atom is 0.315 e. The van der Waals surface area contributed by atoms with Crippen LogP contribution in [0, 0.1) is 5.92 Å². The minimum absolute atomic E-state index is 0.0103. The average molecular weight is 348 g/mol. The zero-order chi connectivity index (χ0) is 17.4. The van der Waals surface area contributed by atoms with Crippen LogP contribution in [0.4, 0.5) is 4.79 Å². The number of carbonyl (C=O) groups excluding carboxylic acids is 1. The average Bonchev–Trinajstić information content (AvgIpc) is 2.60. The van der Waals surface area contributed by atoms with Crippen LogP contribution in [-0.2, 0) is 6.42 Å². The van der Waals surface area contributed by atoms with E-state index in [1.165, 1.54) is 0 Å². The van der Waals surface area contributed by atoms with Crippen molar-refractivity contribution in [2.75, 3.05) is 13.2 Å². The van der Waals surface area contributed by atoms with E-state index in [2.05, 4.69) is 15.6 Å². The fourth-order valence-corrected chi connectivity index (χ4v) is 2.46. The van der Waals surface area contributed by atoms with Gasteiger partial charge in [0.25, 0.3) is 0 Å². The number of carbonyl (C=O) groups is 1. The van der Waals surface area contributed by atoms with Crippen LogP contribution in [0.25, 0.3) is 0 Å². The van der Waals surface area contributed by atoms with Crippen LogP contribution >= 0.6 is 11.6 Å². The molecule has 128 valence electrons. The molecule has 6 heteroatoms. The number of rotatable bonds is 7. The monoisotopic (exact) mass is 347 g/mol. The number of hydrogen-bond acceptors (Lipinski definition) is 3. The predicted octanol–water partition coefficient (Wildman–Crippen LogP) is 2.95. The Morgan fingerprint density at radius 1 is 1.25 bits per heavy atom. The number of aliphatic hydroxyl groups excluding tert-OH is 1. The molecule has 0 saturated heterocycles. The fraction of sp³-hybridized carbons (Fsp3) is 0.333. The first kappa shape index (κ1) is 18.2. The minimum atomic E-state index is -0.267. The number of amides is 2. The molecule has 0 fully saturated rings. The molecule has 2 atom stereocenters. The van der Waals surface area contributed by atoms with Gasteiger partial charge < -0.3 is 15.7 Å². The third-order valence-corrected chi connectivity index (χ3v) is 4.00. The summed E-state index contributed by atoms with van der Waals surface area (Å²) < 4.78 is 0. The number of aliphatic hydroxyl groups is 1. The molecular weight excluding hydrogens is 326 g/mol. The molecule has 2 amide bonds. The Labute approximate surface area is 147 Å². The van der Waals surface area contributed by atoms with E-state index in [0.717, 1.165) is 11.3 Å². The van der Waals surface area contributed by atoms with Crippen molar-refractivity contribution in [1.82, 2.24) is 15.6 Å². The van der Waals surface area contributed by atoms with Gasteiger partial charge in [-0.05, 0) is 43.2 Å². The van der Waals surface area contributed by atoms with Crippen molar-refractivity contribution < 1.29 is 9.90 Å². The van der Waals surface area contributed by atoms with Crippen LogP contribution in [0.15, 0.2) is 48.7 Å². The Morgan fingerprint density at radius 3 is 2.62 bits per heavy atom. The van der Waals surface area contributed by atoms with Crippen LogP contribution in [0.3, 0.4) is 0 Å². The molecule has 0 spiro atoms. The minimum Gasteiger partial charge on any atom is -0.396 e. The van der Waals surface area contributed by atoms with E-state index in [1.54, 1.807) is 18.3 Å². The van der Waals surface area contributed by atoms with Crippen molar-refractivity contribution >= 4 is 17.6 Å². The van der Waals surface area contributed by atoms with Gasteiger partial charge in [0.2, 0.25) is 0 Å². The highest BCUT2D eigenvalue weighted by Crippen LogP contribution is 2.15. The highest BCUT2D eigenvalue weighted by Gasteiger charge is 2.13. The first-order valence-electron chi connectivity index (χ1n) is 7.89. The Morgan fingerprint density at radius 2 is 2.00 bits per heavy atom. The number of urea groups is 1. The third-order valence-electron chi connectivity index (χ3n) is 3.75. The van der Waals surface area contributed by atoms with Gasteiger partial charge in [-0.2, -0.15) is 0 Å². The van der Waals surface area contributed by atoms with E-state index in [4.69, 9.17) is 11.6 Å². The summed E-state index contributed by atoms with van der Waals surface area (Å²) in [6, 6.07) is 12.6. The number of nitrogens with one attached hydrogen (secondary N) is 2. The second-order valence-electron chi connectivity index (χ2n) is 5.70. The molecule has 2 aromatic rings. The second-order valence-corrected chi connectivity index (χ2v) is 6.14. The number of nitrogens with zero attached hydrogens (tertiary/aromatic N) is 1. The first-order chi connectivity index (χ1) is 11.6. The van der Waals surface area contributed by atoms with Crippen molar-refractivity contribution in [3.05, 3.63) is 64.9 Å². The van der Waals surface area contributed by atoms with E-state index in [9.17, 15) is 9.90 Å². The lowest BCUT2D eigenvalue weighted by atomic mass is 10.0. The van der Waals surface area contributed by atoms with Gasteiger partial charge in [0.1, 0.15) is 0 Å². The standard InChI is InChI=1S/C18H22ClN3O2/c1-13(15-5-7-16(19)8-6-15)22-18(24)21-11-14(12-23)10-17-4-2-3-9-20-17/h2-9,13-14,23H,10-12H2,1H3,(H2,21,22,24). The highest BCUT2D eigenvalue weighted by molar-refractivity contribution is 6.30. The van der Waals surface area contributed by atoms with Crippen molar-refractivity contribution in [2.45, 2.75) is 19.4 Å². The maximum atomic E-state index is 12.0. The van der Waals surface area contributed by atoms with Crippen molar-refractivity contribution in [1.29, 1.82) is 0 Å². The van der Waals surface area contributed by atoms with Crippen LogP contribution in [0.2, 0.25) is 5.02 Å². The van der Waals surface area contributed by atoms with Gasteiger partial charge in [0.05, 0.1) is 6.04 Å². The van der Waals surface area contributed by atoms with Crippen molar-refractivity contribution in [3.8, 4) is 0 Å². The van der Waals surface area contributed by atoms with Gasteiger partial charge >= 0.3 is 6.03 Å². The lowest BCUT2D eigenvalue weighted by Gasteiger charge is -2.18. The third kappa shape index (κ3) is 5.83. The summed E-state index contributed by atoms with van der Waals surface area (Å²) in [7, 11) is 0. The van der Waals surface area contributed by atoms with Gasteiger partial charge in [-0.25, -0.2) is 4.79 Å². The second kappa shape index (κ2) is 9.25. The molecule has 0 aliphatic heterocycles. The summed E-state index contributed by atoms with van der Waals surface area (Å²) in [5, 5.41) is 15.8. The first-order valence-corrected chi connectivity index (χ1v) is 8.27. The molecule has 0 radical (unpaired) electrons. The normalized spacial score (nSPS) is 13.1. The number of aromatic nitrogens is 1. The Bertz CT molecular complexity index is 634. The summed E-state index contributed by atoms with van der Waals surface area (Å²) in [6.45, 7) is 2.27. The number of halogens is 1. The molecule has 0 bridgehead atoms. The molecule has 0 saturated carbocycles. The molecule has 1 aromatic heterocycles. The zero-order valence-electron chi connectivity index (χ0n) is 13.6. The molecule has 2 unspecified atom stereocenters. The number of hydrogen-bond donors (Lipinski definition) is 3. The van der Waals surface area contributed by atoms with E-state index in [-0.39, 0.29) is 24.6 Å². The molecule has 0 aliphatic carbocycles. The molecule has 2 rings (SSSR count). The van der Waals surface area contributed by atoms with Crippen molar-refractivity contribution in [2.24, 2.45) is 5.92 Å². The number of pyridine rings is 1. The highest BCUT2D eigenvalue weighted by atomic mass is 35.5. The topological polar surface area (TPSA) is 74.2 Å². The fourth-order valence-electron chi connectivity index (χ4n) is 2.34. The molecule has 1 aromatic carbocycles. The van der Waals surface area contributed by atoms with E-state index in [0.29, 0.717) is 18.0 Å². The Balaban J connectivity index is 1.79. The van der Waals surface area contributed by atoms with Crippen LogP contribution in [-0.4, -0.2) is 29.3 Å². The molecular formula is C18H22ClN3O2. The largest absolute Gasteiger partial charge is 0.396 e. The van der Waals surface area contributed by atoms with Crippen LogP contribution in [0.5, 0.6) is 0 Å². The lowest BCUT2D eigenvalue weighted by Crippen LogP contribution is -2.40. The van der Waals surface area contributed by atoms with E-state index < -0.39 is 0 Å². The van der Waals surface area contributed by atoms with Gasteiger partial charge in [-0.15, -0.1) is 0 Å². The molecule has 5 nitrogen and oxygen atoms in total. The van der Waals surface area contributed by atoms with Crippen LogP contribution in [0.1, 0.15) is 24.2 Å². The summed E-state index contributed by atoms with van der Waals surface area (Å²) >= 11 is 5.86.